The Labute approximate surface area is 152 Å². The smallest absolute Gasteiger partial charge is 0.337 e. The van der Waals surface area contributed by atoms with Gasteiger partial charge < -0.3 is 19.6 Å². The van der Waals surface area contributed by atoms with Gasteiger partial charge in [-0.3, -0.25) is 0 Å². The highest BCUT2D eigenvalue weighted by Crippen LogP contribution is 2.26. The molecule has 0 bridgehead atoms. The van der Waals surface area contributed by atoms with Crippen LogP contribution in [-0.2, 0) is 11.2 Å². The summed E-state index contributed by atoms with van der Waals surface area (Å²) in [6.07, 6.45) is 1.74. The fourth-order valence-electron chi connectivity index (χ4n) is 3.00. The minimum absolute atomic E-state index is 0.162. The van der Waals surface area contributed by atoms with Crippen molar-refractivity contribution in [2.45, 2.75) is 25.5 Å². The largest absolute Gasteiger partial charge is 0.465 e. The molecule has 1 heterocycles. The molecule has 0 spiro atoms. The van der Waals surface area contributed by atoms with Crippen LogP contribution in [0.2, 0.25) is 0 Å². The number of hydrogen-bond donors (Lipinski definition) is 2. The molecule has 3 rings (SSSR count). The van der Waals surface area contributed by atoms with E-state index >= 15 is 0 Å². The van der Waals surface area contributed by atoms with Crippen LogP contribution >= 0.6 is 0 Å². The fourth-order valence-corrected chi connectivity index (χ4v) is 3.00. The first-order valence-corrected chi connectivity index (χ1v) is 8.63. The number of ether oxygens (including phenoxy) is 1. The Morgan fingerprint density at radius 2 is 1.92 bits per heavy atom. The first-order chi connectivity index (χ1) is 12.6. The molecule has 2 atom stereocenters. The zero-order valence-corrected chi connectivity index (χ0v) is 14.9. The maximum absolute atomic E-state index is 11.5. The highest BCUT2D eigenvalue weighted by atomic mass is 16.5. The summed E-state index contributed by atoms with van der Waals surface area (Å²) in [6, 6.07) is 15.3. The minimum atomic E-state index is -0.709. The van der Waals surface area contributed by atoms with Gasteiger partial charge in [-0.1, -0.05) is 36.4 Å². The van der Waals surface area contributed by atoms with E-state index in [9.17, 15) is 9.90 Å². The zero-order chi connectivity index (χ0) is 18.5. The molecule has 0 aliphatic heterocycles. The van der Waals surface area contributed by atoms with Crippen LogP contribution in [0, 0.1) is 0 Å². The van der Waals surface area contributed by atoms with Gasteiger partial charge in [-0.15, -0.1) is 0 Å². The number of methoxy groups -OCH3 is 1. The van der Waals surface area contributed by atoms with E-state index in [2.05, 4.69) is 12.2 Å². The van der Waals surface area contributed by atoms with Gasteiger partial charge in [-0.05, 0) is 31.0 Å². The van der Waals surface area contributed by atoms with Crippen LogP contribution in [0.3, 0.4) is 0 Å². The summed E-state index contributed by atoms with van der Waals surface area (Å²) in [6.45, 7) is 2.46. The Bertz CT molecular complexity index is 869. The molecule has 0 radical (unpaired) electrons. The number of furan rings is 1. The van der Waals surface area contributed by atoms with E-state index < -0.39 is 6.10 Å². The van der Waals surface area contributed by atoms with Crippen molar-refractivity contribution < 1.29 is 19.1 Å². The van der Waals surface area contributed by atoms with Gasteiger partial charge in [-0.25, -0.2) is 4.79 Å². The Morgan fingerprint density at radius 3 is 2.65 bits per heavy atom. The second-order valence-electron chi connectivity index (χ2n) is 6.40. The maximum Gasteiger partial charge on any atom is 0.337 e. The Balaban J connectivity index is 1.55. The van der Waals surface area contributed by atoms with Crippen LogP contribution in [0.15, 0.2) is 59.2 Å². The van der Waals surface area contributed by atoms with Crippen LogP contribution in [0.4, 0.5) is 0 Å². The number of hydrogen-bond acceptors (Lipinski definition) is 5. The molecule has 5 heteroatoms. The van der Waals surface area contributed by atoms with E-state index in [4.69, 9.17) is 9.15 Å². The van der Waals surface area contributed by atoms with Crippen molar-refractivity contribution in [2.75, 3.05) is 13.7 Å². The second kappa shape index (κ2) is 8.17. The number of carbonyl (C=O) groups is 1. The van der Waals surface area contributed by atoms with Crippen molar-refractivity contribution in [3.8, 4) is 0 Å². The number of aliphatic hydroxyl groups is 1. The van der Waals surface area contributed by atoms with Gasteiger partial charge in [-0.2, -0.15) is 0 Å². The monoisotopic (exact) mass is 353 g/mol. The van der Waals surface area contributed by atoms with Crippen molar-refractivity contribution in [1.82, 2.24) is 5.32 Å². The molecular formula is C21H23NO4. The Kier molecular flexibility index (Phi) is 5.71. The van der Waals surface area contributed by atoms with Crippen LogP contribution < -0.4 is 5.32 Å². The summed E-state index contributed by atoms with van der Waals surface area (Å²) in [5.41, 5.74) is 1.65. The molecule has 0 aliphatic carbocycles. The molecule has 0 saturated carbocycles. The number of benzene rings is 2. The Morgan fingerprint density at radius 1 is 1.19 bits per heavy atom. The highest BCUT2D eigenvalue weighted by molar-refractivity contribution is 5.89. The number of carbonyl (C=O) groups excluding carboxylic acids is 1. The molecule has 2 unspecified atom stereocenters. The van der Waals surface area contributed by atoms with E-state index in [1.165, 1.54) is 7.11 Å². The van der Waals surface area contributed by atoms with Gasteiger partial charge in [0.25, 0.3) is 0 Å². The van der Waals surface area contributed by atoms with Crippen LogP contribution in [0.5, 0.6) is 0 Å². The van der Waals surface area contributed by atoms with E-state index in [1.54, 1.807) is 18.4 Å². The molecule has 0 fully saturated rings. The molecule has 2 N–H and O–H groups in total. The van der Waals surface area contributed by atoms with Crippen molar-refractivity contribution in [3.05, 3.63) is 71.7 Å². The number of fused-ring (bicyclic) bond motifs is 1. The summed E-state index contributed by atoms with van der Waals surface area (Å²) in [5.74, 6) is 0.249. The summed E-state index contributed by atoms with van der Waals surface area (Å²) < 4.78 is 10.2. The summed E-state index contributed by atoms with van der Waals surface area (Å²) in [5, 5.41) is 15.7. The molecule has 2 aromatic carbocycles. The molecular weight excluding hydrogens is 330 g/mol. The van der Waals surface area contributed by atoms with Gasteiger partial charge in [0.15, 0.2) is 0 Å². The van der Waals surface area contributed by atoms with Crippen molar-refractivity contribution in [3.63, 3.8) is 0 Å². The van der Waals surface area contributed by atoms with Gasteiger partial charge in [0.1, 0.15) is 11.9 Å². The van der Waals surface area contributed by atoms with E-state index in [0.717, 1.165) is 22.8 Å². The van der Waals surface area contributed by atoms with Crippen LogP contribution in [-0.4, -0.2) is 30.8 Å². The van der Waals surface area contributed by atoms with Gasteiger partial charge in [0.05, 0.1) is 18.9 Å². The SMILES string of the molecule is COC(=O)c1ccc(CC(C)NCC(O)c2occ3ccccc23)cc1. The quantitative estimate of drug-likeness (QED) is 0.637. The molecule has 1 aromatic heterocycles. The molecule has 26 heavy (non-hydrogen) atoms. The molecule has 3 aromatic rings. The molecule has 5 nitrogen and oxygen atoms in total. The average molecular weight is 353 g/mol. The van der Waals surface area contributed by atoms with Crippen molar-refractivity contribution >= 4 is 16.7 Å². The molecule has 0 saturated heterocycles. The summed E-state index contributed by atoms with van der Waals surface area (Å²) in [7, 11) is 1.37. The topological polar surface area (TPSA) is 71.7 Å². The number of rotatable bonds is 7. The lowest BCUT2D eigenvalue weighted by molar-refractivity contribution is 0.0600. The first kappa shape index (κ1) is 18.2. The lowest BCUT2D eigenvalue weighted by Gasteiger charge is -2.16. The third kappa shape index (κ3) is 4.12. The summed E-state index contributed by atoms with van der Waals surface area (Å²) >= 11 is 0. The summed E-state index contributed by atoms with van der Waals surface area (Å²) in [4.78, 5) is 11.5. The fraction of sp³-hybridized carbons (Fsp3) is 0.286. The van der Waals surface area contributed by atoms with Crippen molar-refractivity contribution in [1.29, 1.82) is 0 Å². The van der Waals surface area contributed by atoms with E-state index in [0.29, 0.717) is 17.9 Å². The third-order valence-electron chi connectivity index (χ3n) is 4.42. The maximum atomic E-state index is 11.5. The normalized spacial score (nSPS) is 13.5. The molecule has 0 amide bonds. The van der Waals surface area contributed by atoms with Gasteiger partial charge >= 0.3 is 5.97 Å². The predicted molar refractivity (Wildman–Crippen MR) is 100 cm³/mol. The number of aliphatic hydroxyl groups excluding tert-OH is 1. The van der Waals surface area contributed by atoms with Crippen LogP contribution in [0.25, 0.3) is 10.8 Å². The lowest BCUT2D eigenvalue weighted by Crippen LogP contribution is -2.32. The zero-order valence-electron chi connectivity index (χ0n) is 14.9. The second-order valence-corrected chi connectivity index (χ2v) is 6.40. The van der Waals surface area contributed by atoms with Gasteiger partial charge in [0, 0.05) is 23.4 Å². The molecule has 136 valence electrons. The van der Waals surface area contributed by atoms with Crippen molar-refractivity contribution in [2.24, 2.45) is 0 Å². The highest BCUT2D eigenvalue weighted by Gasteiger charge is 2.16. The standard InChI is InChI=1S/C21H23NO4/c1-14(11-15-7-9-16(10-8-15)21(24)25-2)22-12-19(23)20-18-6-4-3-5-17(18)13-26-20/h3-10,13-14,19,22-23H,11-12H2,1-2H3. The third-order valence-corrected chi connectivity index (χ3v) is 4.42. The van der Waals surface area contributed by atoms with E-state index in [1.807, 2.05) is 36.4 Å². The van der Waals surface area contributed by atoms with Gasteiger partial charge in [0.2, 0.25) is 0 Å². The lowest BCUT2D eigenvalue weighted by atomic mass is 10.0. The minimum Gasteiger partial charge on any atom is -0.465 e. The first-order valence-electron chi connectivity index (χ1n) is 8.63. The van der Waals surface area contributed by atoms with E-state index in [-0.39, 0.29) is 12.0 Å². The average Bonchev–Trinajstić information content (AvgIpc) is 3.10. The molecule has 0 aliphatic rings. The predicted octanol–water partition coefficient (Wildman–Crippen LogP) is 3.47. The number of esters is 1. The Hall–Kier alpha value is -2.63. The van der Waals surface area contributed by atoms with Crippen LogP contribution in [0.1, 0.15) is 34.7 Å². The number of nitrogens with one attached hydrogen (secondary N) is 1.